The van der Waals surface area contributed by atoms with Crippen molar-refractivity contribution >= 4 is 15.9 Å². The zero-order valence-electron chi connectivity index (χ0n) is 9.51. The number of aryl methyl sites for hydroxylation is 1. The van der Waals surface area contributed by atoms with Gasteiger partial charge in [-0.25, -0.2) is 14.2 Å². The molecule has 0 amide bonds. The van der Waals surface area contributed by atoms with Crippen LogP contribution in [0.1, 0.15) is 22.9 Å². The van der Waals surface area contributed by atoms with Gasteiger partial charge in [-0.1, -0.05) is 12.1 Å². The number of hydrogen-bond donors (Lipinski definition) is 2. The van der Waals surface area contributed by atoms with Crippen molar-refractivity contribution in [3.8, 4) is 0 Å². The molecule has 1 atom stereocenters. The van der Waals surface area contributed by atoms with Crippen molar-refractivity contribution < 1.29 is 13.2 Å². The van der Waals surface area contributed by atoms with Crippen LogP contribution in [0.15, 0.2) is 33.4 Å². The molecular weight excluding hydrogens is 306 g/mol. The van der Waals surface area contributed by atoms with Crippen LogP contribution >= 0.6 is 15.9 Å². The van der Waals surface area contributed by atoms with Crippen molar-refractivity contribution in [2.24, 2.45) is 5.84 Å². The first-order valence-corrected chi connectivity index (χ1v) is 5.99. The van der Waals surface area contributed by atoms with Crippen LogP contribution in [-0.2, 0) is 0 Å². The minimum Gasteiger partial charge on any atom is -0.452 e. The van der Waals surface area contributed by atoms with Gasteiger partial charge >= 0.3 is 0 Å². The highest BCUT2D eigenvalue weighted by atomic mass is 79.9. The van der Waals surface area contributed by atoms with Crippen molar-refractivity contribution in [1.82, 2.24) is 5.43 Å². The van der Waals surface area contributed by atoms with Crippen LogP contribution in [0.4, 0.5) is 8.78 Å². The Morgan fingerprint density at radius 1 is 1.22 bits per heavy atom. The lowest BCUT2D eigenvalue weighted by Gasteiger charge is -2.15. The number of furan rings is 1. The van der Waals surface area contributed by atoms with Crippen LogP contribution in [0, 0.1) is 18.6 Å². The van der Waals surface area contributed by atoms with Crippen molar-refractivity contribution in [2.75, 3.05) is 0 Å². The van der Waals surface area contributed by atoms with Gasteiger partial charge < -0.3 is 4.42 Å². The second-order valence-electron chi connectivity index (χ2n) is 3.84. The van der Waals surface area contributed by atoms with Gasteiger partial charge in [0, 0.05) is 5.56 Å². The van der Waals surface area contributed by atoms with Gasteiger partial charge in [0.2, 0.25) is 0 Å². The molecule has 1 heterocycles. The molecule has 0 saturated heterocycles. The van der Waals surface area contributed by atoms with E-state index >= 15 is 0 Å². The number of nitrogens with one attached hydrogen (secondary N) is 1. The fourth-order valence-electron chi connectivity index (χ4n) is 1.69. The fraction of sp³-hybridized carbons (Fsp3) is 0.167. The van der Waals surface area contributed by atoms with Crippen molar-refractivity contribution in [2.45, 2.75) is 13.0 Å². The Bertz CT molecular complexity index is 571. The predicted octanol–water partition coefficient (Wildman–Crippen LogP) is 3.18. The molecule has 3 nitrogen and oxygen atoms in total. The largest absolute Gasteiger partial charge is 0.452 e. The van der Waals surface area contributed by atoms with Gasteiger partial charge in [-0.15, -0.1) is 0 Å². The maximum absolute atomic E-state index is 13.9. The summed E-state index contributed by atoms with van der Waals surface area (Å²) in [4.78, 5) is 0. The van der Waals surface area contributed by atoms with Gasteiger partial charge in [-0.05, 0) is 40.5 Å². The van der Waals surface area contributed by atoms with E-state index in [1.165, 1.54) is 19.1 Å². The Morgan fingerprint density at radius 2 is 1.94 bits per heavy atom. The highest BCUT2D eigenvalue weighted by molar-refractivity contribution is 9.10. The SMILES string of the molecule is Cc1ccc(C(NN)c2ccc(Br)o2)c(F)c1F. The molecule has 0 radical (unpaired) electrons. The van der Waals surface area contributed by atoms with Crippen LogP contribution in [0.2, 0.25) is 0 Å². The third-order valence-electron chi connectivity index (χ3n) is 2.66. The van der Waals surface area contributed by atoms with Gasteiger partial charge in [-0.2, -0.15) is 0 Å². The summed E-state index contributed by atoms with van der Waals surface area (Å²) < 4.78 is 33.2. The molecule has 0 fully saturated rings. The average molecular weight is 317 g/mol. The normalized spacial score (nSPS) is 12.7. The van der Waals surface area contributed by atoms with E-state index in [-0.39, 0.29) is 11.1 Å². The summed E-state index contributed by atoms with van der Waals surface area (Å²) in [6.45, 7) is 1.50. The standard InChI is InChI=1S/C12H11BrF2N2O/c1-6-2-3-7(11(15)10(6)14)12(17-16)8-4-5-9(13)18-8/h2-5,12,17H,16H2,1H3. The Morgan fingerprint density at radius 3 is 2.50 bits per heavy atom. The van der Waals surface area contributed by atoms with E-state index in [1.54, 1.807) is 12.1 Å². The molecule has 0 bridgehead atoms. The molecule has 18 heavy (non-hydrogen) atoms. The van der Waals surface area contributed by atoms with Gasteiger partial charge in [0.15, 0.2) is 16.3 Å². The summed E-state index contributed by atoms with van der Waals surface area (Å²) >= 11 is 3.14. The molecule has 1 aromatic carbocycles. The summed E-state index contributed by atoms with van der Waals surface area (Å²) in [6, 6.07) is 5.52. The van der Waals surface area contributed by atoms with E-state index in [0.29, 0.717) is 10.4 Å². The maximum atomic E-state index is 13.9. The van der Waals surface area contributed by atoms with Gasteiger partial charge in [-0.3, -0.25) is 5.84 Å². The smallest absolute Gasteiger partial charge is 0.169 e. The van der Waals surface area contributed by atoms with Gasteiger partial charge in [0.25, 0.3) is 0 Å². The van der Waals surface area contributed by atoms with Crippen LogP contribution < -0.4 is 11.3 Å². The second-order valence-corrected chi connectivity index (χ2v) is 4.62. The number of benzene rings is 1. The number of rotatable bonds is 3. The number of hydrazine groups is 1. The maximum Gasteiger partial charge on any atom is 0.169 e. The highest BCUT2D eigenvalue weighted by Gasteiger charge is 2.22. The summed E-state index contributed by atoms with van der Waals surface area (Å²) in [7, 11) is 0. The topological polar surface area (TPSA) is 51.2 Å². The third-order valence-corrected chi connectivity index (χ3v) is 3.09. The van der Waals surface area contributed by atoms with Crippen LogP contribution in [-0.4, -0.2) is 0 Å². The molecule has 1 aromatic heterocycles. The minimum atomic E-state index is -0.925. The molecule has 3 N–H and O–H groups in total. The van der Waals surface area contributed by atoms with Gasteiger partial charge in [0.05, 0.1) is 0 Å². The Hall–Kier alpha value is -1.24. The molecule has 6 heteroatoms. The van der Waals surface area contributed by atoms with Gasteiger partial charge in [0.1, 0.15) is 11.8 Å². The van der Waals surface area contributed by atoms with E-state index in [1.807, 2.05) is 0 Å². The predicted molar refractivity (Wildman–Crippen MR) is 66.7 cm³/mol. The quantitative estimate of drug-likeness (QED) is 0.675. The van der Waals surface area contributed by atoms with Crippen molar-refractivity contribution in [1.29, 1.82) is 0 Å². The lowest BCUT2D eigenvalue weighted by atomic mass is 10.0. The lowest BCUT2D eigenvalue weighted by molar-refractivity contribution is 0.419. The van der Waals surface area contributed by atoms with Crippen molar-refractivity contribution in [3.63, 3.8) is 0 Å². The second kappa shape index (κ2) is 5.17. The molecule has 96 valence electrons. The summed E-state index contributed by atoms with van der Waals surface area (Å²) in [5, 5.41) is 0. The number of nitrogens with two attached hydrogens (primary N) is 1. The zero-order chi connectivity index (χ0) is 13.3. The van der Waals surface area contributed by atoms with E-state index in [2.05, 4.69) is 21.4 Å². The molecule has 0 aliphatic carbocycles. The zero-order valence-corrected chi connectivity index (χ0v) is 11.1. The Labute approximate surface area is 111 Å². The molecular formula is C12H11BrF2N2O. The number of hydrogen-bond acceptors (Lipinski definition) is 3. The first kappa shape index (κ1) is 13.2. The Kier molecular flexibility index (Phi) is 3.79. The molecule has 0 saturated carbocycles. The molecule has 0 aliphatic rings. The van der Waals surface area contributed by atoms with Crippen LogP contribution in [0.3, 0.4) is 0 Å². The molecule has 2 aromatic rings. The van der Waals surface area contributed by atoms with Crippen molar-refractivity contribution in [3.05, 3.63) is 57.5 Å². The monoisotopic (exact) mass is 316 g/mol. The van der Waals surface area contributed by atoms with E-state index in [9.17, 15) is 8.78 Å². The highest BCUT2D eigenvalue weighted by Crippen LogP contribution is 2.28. The first-order valence-electron chi connectivity index (χ1n) is 5.20. The van der Waals surface area contributed by atoms with Crippen LogP contribution in [0.25, 0.3) is 0 Å². The van der Waals surface area contributed by atoms with E-state index in [4.69, 9.17) is 10.3 Å². The Balaban J connectivity index is 2.49. The summed E-state index contributed by atoms with van der Waals surface area (Å²) in [5.74, 6) is 3.98. The first-order chi connectivity index (χ1) is 8.54. The summed E-state index contributed by atoms with van der Waals surface area (Å²) in [6.07, 6.45) is 0. The minimum absolute atomic E-state index is 0.0995. The number of halogens is 3. The van der Waals surface area contributed by atoms with E-state index in [0.717, 1.165) is 0 Å². The lowest BCUT2D eigenvalue weighted by Crippen LogP contribution is -2.29. The molecule has 0 spiro atoms. The molecule has 2 rings (SSSR count). The fourth-order valence-corrected chi connectivity index (χ4v) is 2.01. The third kappa shape index (κ3) is 2.31. The average Bonchev–Trinajstić information content (AvgIpc) is 2.77. The van der Waals surface area contributed by atoms with Crippen LogP contribution in [0.5, 0.6) is 0 Å². The molecule has 0 aliphatic heterocycles. The molecule has 1 unspecified atom stereocenters. The summed E-state index contributed by atoms with van der Waals surface area (Å²) in [5.41, 5.74) is 2.76. The van der Waals surface area contributed by atoms with E-state index < -0.39 is 17.7 Å².